The van der Waals surface area contributed by atoms with Crippen LogP contribution in [0.15, 0.2) is 107 Å². The van der Waals surface area contributed by atoms with Gasteiger partial charge in [0.25, 0.3) is 0 Å². The highest BCUT2D eigenvalue weighted by Gasteiger charge is 2.57. The number of rotatable bonds is 3. The number of anilines is 4. The Hall–Kier alpha value is -3.63. The molecular formula is C32H27ClN4. The first-order valence-corrected chi connectivity index (χ1v) is 13.7. The van der Waals surface area contributed by atoms with Gasteiger partial charge in [0.2, 0.25) is 0 Å². The maximum Gasteiger partial charge on any atom is 0.179 e. The summed E-state index contributed by atoms with van der Waals surface area (Å²) in [7, 11) is 0. The highest BCUT2D eigenvalue weighted by atomic mass is 35.5. The van der Waals surface area contributed by atoms with E-state index in [0.29, 0.717) is 11.3 Å². The molecule has 0 amide bonds. The van der Waals surface area contributed by atoms with Crippen molar-refractivity contribution in [2.75, 3.05) is 9.80 Å². The summed E-state index contributed by atoms with van der Waals surface area (Å²) in [5.74, 6) is 2.25. The summed E-state index contributed by atoms with van der Waals surface area (Å²) in [5.41, 5.74) is 7.19. The monoisotopic (exact) mass is 502 g/mol. The van der Waals surface area contributed by atoms with Gasteiger partial charge < -0.3 is 0 Å². The molecule has 3 aliphatic carbocycles. The van der Waals surface area contributed by atoms with Crippen molar-refractivity contribution in [3.8, 4) is 0 Å². The molecular weight excluding hydrogens is 476 g/mol. The molecule has 2 saturated carbocycles. The van der Waals surface area contributed by atoms with Crippen LogP contribution in [0.1, 0.15) is 32.1 Å². The highest BCUT2D eigenvalue weighted by Crippen LogP contribution is 2.67. The molecule has 4 nitrogen and oxygen atoms in total. The Morgan fingerprint density at radius 3 is 1.84 bits per heavy atom. The van der Waals surface area contributed by atoms with Crippen LogP contribution in [0.2, 0.25) is 0 Å². The zero-order valence-electron chi connectivity index (χ0n) is 20.5. The van der Waals surface area contributed by atoms with E-state index in [0.717, 1.165) is 39.1 Å². The predicted molar refractivity (Wildman–Crippen MR) is 150 cm³/mol. The van der Waals surface area contributed by atoms with Crippen LogP contribution in [-0.4, -0.2) is 16.1 Å². The zero-order chi connectivity index (χ0) is 24.6. The molecule has 2 fully saturated rings. The van der Waals surface area contributed by atoms with Crippen molar-refractivity contribution in [3.63, 3.8) is 0 Å². The SMILES string of the molecule is Cl/C(=C1/C2=CCCC3(CC[C@@H]13)C2)C1N(c2ccccc2)c2nc3ccccc3nc2N1c1ccccc1. The third-order valence-electron chi connectivity index (χ3n) is 8.97. The lowest BCUT2D eigenvalue weighted by atomic mass is 9.59. The van der Waals surface area contributed by atoms with Gasteiger partial charge in [0.05, 0.1) is 16.1 Å². The third-order valence-corrected chi connectivity index (χ3v) is 9.37. The Kier molecular flexibility index (Phi) is 4.60. The summed E-state index contributed by atoms with van der Waals surface area (Å²) in [4.78, 5) is 15.0. The fourth-order valence-corrected chi connectivity index (χ4v) is 7.65. The van der Waals surface area contributed by atoms with Crippen molar-refractivity contribution in [2.45, 2.75) is 38.3 Å². The zero-order valence-corrected chi connectivity index (χ0v) is 21.3. The number of hydrogen-bond acceptors (Lipinski definition) is 4. The Morgan fingerprint density at radius 2 is 1.32 bits per heavy atom. The number of para-hydroxylation sites is 4. The topological polar surface area (TPSA) is 32.3 Å². The Bertz CT molecular complexity index is 1510. The maximum atomic E-state index is 7.66. The summed E-state index contributed by atoms with van der Waals surface area (Å²) >= 11 is 7.66. The minimum Gasteiger partial charge on any atom is -0.297 e. The predicted octanol–water partition coefficient (Wildman–Crippen LogP) is 8.26. The van der Waals surface area contributed by atoms with E-state index in [-0.39, 0.29) is 6.17 Å². The number of halogens is 1. The van der Waals surface area contributed by atoms with E-state index in [1.165, 1.54) is 43.3 Å². The van der Waals surface area contributed by atoms with Gasteiger partial charge in [-0.05, 0) is 91.0 Å². The van der Waals surface area contributed by atoms with E-state index in [2.05, 4.69) is 76.5 Å². The van der Waals surface area contributed by atoms with Crippen molar-refractivity contribution < 1.29 is 0 Å². The fourth-order valence-electron chi connectivity index (χ4n) is 7.20. The molecule has 2 bridgehead atoms. The lowest BCUT2D eigenvalue weighted by molar-refractivity contribution is 0.0720. The molecule has 3 aromatic carbocycles. The Morgan fingerprint density at radius 1 is 0.757 bits per heavy atom. The second-order valence-electron chi connectivity index (χ2n) is 10.8. The van der Waals surface area contributed by atoms with Gasteiger partial charge in [-0.3, -0.25) is 9.80 Å². The third kappa shape index (κ3) is 3.02. The molecule has 0 radical (unpaired) electrons. The largest absolute Gasteiger partial charge is 0.297 e. The first-order valence-electron chi connectivity index (χ1n) is 13.3. The van der Waals surface area contributed by atoms with Gasteiger partial charge in [-0.25, -0.2) is 9.97 Å². The number of hydrogen-bond donors (Lipinski definition) is 0. The minimum absolute atomic E-state index is 0.258. The van der Waals surface area contributed by atoms with Gasteiger partial charge in [-0.15, -0.1) is 0 Å². The summed E-state index contributed by atoms with van der Waals surface area (Å²) in [6.45, 7) is 0. The molecule has 182 valence electrons. The first kappa shape index (κ1) is 21.5. The maximum absolute atomic E-state index is 7.66. The minimum atomic E-state index is -0.258. The van der Waals surface area contributed by atoms with Crippen molar-refractivity contribution in [1.82, 2.24) is 9.97 Å². The van der Waals surface area contributed by atoms with E-state index < -0.39 is 0 Å². The summed E-state index contributed by atoms with van der Waals surface area (Å²) < 4.78 is 0. The van der Waals surface area contributed by atoms with E-state index in [1.54, 1.807) is 0 Å². The van der Waals surface area contributed by atoms with Crippen molar-refractivity contribution in [3.05, 3.63) is 107 Å². The molecule has 1 aromatic heterocycles. The lowest BCUT2D eigenvalue weighted by Gasteiger charge is -2.46. The van der Waals surface area contributed by atoms with Crippen molar-refractivity contribution >= 4 is 45.6 Å². The smallest absolute Gasteiger partial charge is 0.179 e. The van der Waals surface area contributed by atoms with E-state index in [4.69, 9.17) is 21.6 Å². The van der Waals surface area contributed by atoms with Gasteiger partial charge in [-0.2, -0.15) is 0 Å². The molecule has 2 atom stereocenters. The van der Waals surface area contributed by atoms with Gasteiger partial charge >= 0.3 is 0 Å². The molecule has 2 heterocycles. The molecule has 37 heavy (non-hydrogen) atoms. The van der Waals surface area contributed by atoms with Crippen LogP contribution in [0.3, 0.4) is 0 Å². The van der Waals surface area contributed by atoms with Crippen LogP contribution in [0, 0.1) is 11.3 Å². The Balaban J connectivity index is 1.41. The van der Waals surface area contributed by atoms with Crippen LogP contribution in [0.25, 0.3) is 11.0 Å². The second-order valence-corrected chi connectivity index (χ2v) is 11.2. The summed E-state index contributed by atoms with van der Waals surface area (Å²) in [6, 6.07) is 29.1. The van der Waals surface area contributed by atoms with Gasteiger partial charge in [0.1, 0.15) is 0 Å². The summed E-state index contributed by atoms with van der Waals surface area (Å²) in [5, 5.41) is 0.913. The molecule has 5 heteroatoms. The number of aromatic nitrogens is 2. The average Bonchev–Trinajstić information content (AvgIpc) is 3.35. The van der Waals surface area contributed by atoms with Crippen LogP contribution in [0.5, 0.6) is 0 Å². The normalized spacial score (nSPS) is 25.5. The fraction of sp³-hybridized carbons (Fsp3) is 0.250. The average molecular weight is 503 g/mol. The molecule has 8 rings (SSSR count). The quantitative estimate of drug-likeness (QED) is 0.282. The van der Waals surface area contributed by atoms with Gasteiger partial charge in [0.15, 0.2) is 17.8 Å². The van der Waals surface area contributed by atoms with Gasteiger partial charge in [0, 0.05) is 11.4 Å². The Labute approximate surface area is 221 Å². The van der Waals surface area contributed by atoms with Crippen LogP contribution in [-0.2, 0) is 0 Å². The van der Waals surface area contributed by atoms with E-state index >= 15 is 0 Å². The number of fused-ring (bicyclic) bond motifs is 3. The summed E-state index contributed by atoms with van der Waals surface area (Å²) in [6.07, 6.45) is 8.40. The second kappa shape index (κ2) is 7.93. The van der Waals surface area contributed by atoms with Crippen molar-refractivity contribution in [1.29, 1.82) is 0 Å². The lowest BCUT2D eigenvalue weighted by Crippen LogP contribution is -2.41. The molecule has 4 aromatic rings. The highest BCUT2D eigenvalue weighted by molar-refractivity contribution is 6.32. The van der Waals surface area contributed by atoms with E-state index in [9.17, 15) is 0 Å². The standard InChI is InChI=1S/C32H27ClN4/c33-28(27-21-10-9-18-32(20-21)19-17-24(27)32)31-36(22-11-3-1-4-12-22)29-30(37(31)23-13-5-2-6-14-23)35-26-16-8-7-15-25(26)34-29/h1-8,10-16,24,31H,9,17-20H2/b28-27-/t24-,32?/m0/s1. The molecule has 1 aliphatic heterocycles. The molecule has 0 N–H and O–H groups in total. The number of nitrogens with zero attached hydrogens (tertiary/aromatic N) is 4. The van der Waals surface area contributed by atoms with E-state index in [1.807, 2.05) is 24.3 Å². The van der Waals surface area contributed by atoms with Crippen LogP contribution in [0.4, 0.5) is 23.0 Å². The first-order chi connectivity index (χ1) is 18.2. The number of benzene rings is 3. The van der Waals surface area contributed by atoms with Crippen LogP contribution < -0.4 is 9.80 Å². The van der Waals surface area contributed by atoms with Crippen LogP contribution >= 0.6 is 11.6 Å². The molecule has 1 unspecified atom stereocenters. The van der Waals surface area contributed by atoms with Gasteiger partial charge in [-0.1, -0.05) is 66.2 Å². The number of allylic oxidation sites excluding steroid dienone is 3. The molecule has 4 aliphatic rings. The molecule has 0 saturated heterocycles. The van der Waals surface area contributed by atoms with Crippen molar-refractivity contribution in [2.24, 2.45) is 11.3 Å². The molecule has 1 spiro atoms.